The van der Waals surface area contributed by atoms with Crippen molar-refractivity contribution in [2.45, 2.75) is 38.7 Å². The van der Waals surface area contributed by atoms with Gasteiger partial charge >= 0.3 is 5.97 Å². The second kappa shape index (κ2) is 10.1. The lowest BCUT2D eigenvalue weighted by Gasteiger charge is -2.09. The highest BCUT2D eigenvalue weighted by Crippen LogP contribution is 2.33. The maximum absolute atomic E-state index is 13.6. The molecule has 0 bridgehead atoms. The summed E-state index contributed by atoms with van der Waals surface area (Å²) < 4.78 is 15.2. The third-order valence-corrected chi connectivity index (χ3v) is 4.75. The summed E-state index contributed by atoms with van der Waals surface area (Å²) in [5.74, 6) is -1.58. The van der Waals surface area contributed by atoms with Gasteiger partial charge in [0.1, 0.15) is 18.0 Å². The average molecular weight is 437 g/mol. The number of carbonyl (C=O) groups is 2. The normalized spacial score (nSPS) is 12.4. The van der Waals surface area contributed by atoms with Crippen molar-refractivity contribution in [3.8, 4) is 17.1 Å². The molecule has 2 heterocycles. The van der Waals surface area contributed by atoms with Crippen LogP contribution in [0.3, 0.4) is 0 Å². The molecule has 1 aromatic carbocycles. The molecular formula is C24H24FN3O4. The van der Waals surface area contributed by atoms with Gasteiger partial charge in [0.25, 0.3) is 0 Å². The van der Waals surface area contributed by atoms with E-state index in [-0.39, 0.29) is 18.2 Å². The van der Waals surface area contributed by atoms with Crippen LogP contribution in [0, 0.1) is 5.82 Å². The number of aliphatic hydroxyl groups is 1. The minimum absolute atomic E-state index is 0.0181. The van der Waals surface area contributed by atoms with Crippen molar-refractivity contribution in [3.05, 3.63) is 71.8 Å². The molecule has 166 valence electrons. The molecule has 0 radical (unpaired) electrons. The van der Waals surface area contributed by atoms with Crippen molar-refractivity contribution >= 4 is 17.8 Å². The highest BCUT2D eigenvalue weighted by molar-refractivity contribution is 5.95. The quantitative estimate of drug-likeness (QED) is 0.490. The molecule has 8 heteroatoms. The van der Waals surface area contributed by atoms with Crippen LogP contribution in [0.5, 0.6) is 0 Å². The molecular weight excluding hydrogens is 413 g/mol. The van der Waals surface area contributed by atoms with Crippen molar-refractivity contribution in [1.82, 2.24) is 14.8 Å². The van der Waals surface area contributed by atoms with Crippen molar-refractivity contribution in [2.24, 2.45) is 0 Å². The van der Waals surface area contributed by atoms with Gasteiger partial charge in [-0.2, -0.15) is 5.10 Å². The first-order chi connectivity index (χ1) is 15.3. The van der Waals surface area contributed by atoms with Crippen molar-refractivity contribution in [2.75, 3.05) is 0 Å². The number of nitrogens with zero attached hydrogens (tertiary/aromatic N) is 3. The number of carboxylic acid groups (broad SMARTS) is 1. The summed E-state index contributed by atoms with van der Waals surface area (Å²) in [5.41, 5.74) is 2.79. The van der Waals surface area contributed by atoms with Crippen LogP contribution >= 0.6 is 0 Å². The number of Topliss-reactive ketones (excluding diaryl/α,β-unsaturated/α-hetero) is 1. The lowest BCUT2D eigenvalue weighted by molar-refractivity contribution is -0.140. The van der Waals surface area contributed by atoms with Crippen LogP contribution in [0.4, 0.5) is 4.39 Å². The van der Waals surface area contributed by atoms with Crippen LogP contribution in [0.1, 0.15) is 43.9 Å². The molecule has 0 saturated heterocycles. The minimum Gasteiger partial charge on any atom is -0.481 e. The van der Waals surface area contributed by atoms with E-state index in [1.807, 2.05) is 19.9 Å². The Hall–Kier alpha value is -3.65. The second-order valence-electron chi connectivity index (χ2n) is 7.65. The number of hydrogen-bond donors (Lipinski definition) is 2. The third-order valence-electron chi connectivity index (χ3n) is 4.75. The molecule has 7 nitrogen and oxygen atoms in total. The van der Waals surface area contributed by atoms with E-state index in [4.69, 9.17) is 10.2 Å². The molecule has 0 fully saturated rings. The number of halogens is 1. The van der Waals surface area contributed by atoms with Gasteiger partial charge in [-0.1, -0.05) is 32.1 Å². The number of carboxylic acids is 1. The number of aliphatic carboxylic acids is 1. The van der Waals surface area contributed by atoms with E-state index in [1.54, 1.807) is 41.2 Å². The molecule has 1 unspecified atom stereocenters. The van der Waals surface area contributed by atoms with Gasteiger partial charge in [0, 0.05) is 23.7 Å². The Morgan fingerprint density at radius 1 is 1.16 bits per heavy atom. The van der Waals surface area contributed by atoms with Gasteiger partial charge in [0.2, 0.25) is 0 Å². The standard InChI is InChI=1S/C24H24FN3O4/c1-15(2)23-20(11-10-18(29)13-19(30)14-22(31)32)24(16-6-8-17(25)9-7-16)28(27-23)21-5-3-4-12-26-21/h3-12,15,18,29H,13-14H2,1-2H3,(H,31,32). The summed E-state index contributed by atoms with van der Waals surface area (Å²) in [7, 11) is 0. The van der Waals surface area contributed by atoms with Crippen molar-refractivity contribution in [1.29, 1.82) is 0 Å². The maximum atomic E-state index is 13.6. The molecule has 0 aliphatic carbocycles. The van der Waals surface area contributed by atoms with Crippen LogP contribution in [0.2, 0.25) is 0 Å². The molecule has 2 aromatic heterocycles. The zero-order chi connectivity index (χ0) is 23.3. The minimum atomic E-state index is -1.23. The number of rotatable bonds is 9. The maximum Gasteiger partial charge on any atom is 0.310 e. The Kier molecular flexibility index (Phi) is 7.27. The van der Waals surface area contributed by atoms with E-state index < -0.39 is 24.3 Å². The zero-order valence-electron chi connectivity index (χ0n) is 17.8. The summed E-state index contributed by atoms with van der Waals surface area (Å²) in [6.45, 7) is 3.95. The summed E-state index contributed by atoms with van der Waals surface area (Å²) in [6, 6.07) is 11.4. The number of pyridine rings is 1. The van der Waals surface area contributed by atoms with E-state index in [1.165, 1.54) is 18.2 Å². The van der Waals surface area contributed by atoms with Crippen LogP contribution < -0.4 is 0 Å². The van der Waals surface area contributed by atoms with Gasteiger partial charge in [-0.05, 0) is 42.3 Å². The second-order valence-corrected chi connectivity index (χ2v) is 7.65. The number of aliphatic hydroxyl groups excluding tert-OH is 1. The fraction of sp³-hybridized carbons (Fsp3) is 0.250. The predicted octanol–water partition coefficient (Wildman–Crippen LogP) is 4.00. The number of hydrogen-bond acceptors (Lipinski definition) is 5. The number of benzene rings is 1. The molecule has 2 N–H and O–H groups in total. The molecule has 0 aliphatic heterocycles. The molecule has 32 heavy (non-hydrogen) atoms. The summed E-state index contributed by atoms with van der Waals surface area (Å²) in [5, 5.41) is 23.7. The van der Waals surface area contributed by atoms with Gasteiger partial charge in [-0.25, -0.2) is 14.1 Å². The van der Waals surface area contributed by atoms with Gasteiger partial charge < -0.3 is 10.2 Å². The summed E-state index contributed by atoms with van der Waals surface area (Å²) in [4.78, 5) is 26.8. The van der Waals surface area contributed by atoms with E-state index in [2.05, 4.69) is 4.98 Å². The van der Waals surface area contributed by atoms with E-state index in [0.717, 1.165) is 5.69 Å². The number of aromatic nitrogens is 3. The Morgan fingerprint density at radius 2 is 1.88 bits per heavy atom. The molecule has 0 saturated carbocycles. The van der Waals surface area contributed by atoms with Crippen molar-refractivity contribution in [3.63, 3.8) is 0 Å². The fourth-order valence-corrected chi connectivity index (χ4v) is 3.32. The van der Waals surface area contributed by atoms with E-state index >= 15 is 0 Å². The molecule has 0 amide bonds. The van der Waals surface area contributed by atoms with Gasteiger partial charge in [-0.15, -0.1) is 0 Å². The lowest BCUT2D eigenvalue weighted by Crippen LogP contribution is -2.14. The van der Waals surface area contributed by atoms with Crippen LogP contribution in [-0.4, -0.2) is 42.8 Å². The van der Waals surface area contributed by atoms with Gasteiger partial charge in [0.05, 0.1) is 17.5 Å². The number of carbonyl (C=O) groups excluding carboxylic acids is 1. The molecule has 3 aromatic rings. The highest BCUT2D eigenvalue weighted by atomic mass is 19.1. The fourth-order valence-electron chi connectivity index (χ4n) is 3.32. The predicted molar refractivity (Wildman–Crippen MR) is 118 cm³/mol. The SMILES string of the molecule is CC(C)c1nn(-c2ccccn2)c(-c2ccc(F)cc2)c1C=CC(O)CC(=O)CC(=O)O. The zero-order valence-corrected chi connectivity index (χ0v) is 17.8. The van der Waals surface area contributed by atoms with Gasteiger partial charge in [-0.3, -0.25) is 9.59 Å². The Morgan fingerprint density at radius 3 is 2.47 bits per heavy atom. The number of ketones is 1. The van der Waals surface area contributed by atoms with Crippen LogP contribution in [0.15, 0.2) is 54.7 Å². The average Bonchev–Trinajstić information content (AvgIpc) is 3.12. The monoisotopic (exact) mass is 437 g/mol. The highest BCUT2D eigenvalue weighted by Gasteiger charge is 2.22. The first-order valence-electron chi connectivity index (χ1n) is 10.2. The van der Waals surface area contributed by atoms with Crippen LogP contribution in [-0.2, 0) is 9.59 Å². The Labute approximate surface area is 184 Å². The largest absolute Gasteiger partial charge is 0.481 e. The Bertz CT molecular complexity index is 1120. The molecule has 3 rings (SSSR count). The van der Waals surface area contributed by atoms with Crippen LogP contribution in [0.25, 0.3) is 23.2 Å². The third kappa shape index (κ3) is 5.53. The summed E-state index contributed by atoms with van der Waals surface area (Å²) >= 11 is 0. The molecule has 0 spiro atoms. The topological polar surface area (TPSA) is 105 Å². The van der Waals surface area contributed by atoms with Crippen molar-refractivity contribution < 1.29 is 24.2 Å². The Balaban J connectivity index is 2.09. The first-order valence-corrected chi connectivity index (χ1v) is 10.2. The van der Waals surface area contributed by atoms with E-state index in [9.17, 15) is 19.1 Å². The first kappa shape index (κ1) is 23.0. The molecule has 1 atom stereocenters. The smallest absolute Gasteiger partial charge is 0.310 e. The van der Waals surface area contributed by atoms with Gasteiger partial charge in [0.15, 0.2) is 5.82 Å². The summed E-state index contributed by atoms with van der Waals surface area (Å²) in [6.07, 6.45) is 2.66. The molecule has 0 aliphatic rings. The lowest BCUT2D eigenvalue weighted by atomic mass is 9.99. The van der Waals surface area contributed by atoms with E-state index in [0.29, 0.717) is 22.6 Å².